The summed E-state index contributed by atoms with van der Waals surface area (Å²) >= 11 is 5.79. The van der Waals surface area contributed by atoms with Crippen LogP contribution in [0.1, 0.15) is 17.4 Å². The van der Waals surface area contributed by atoms with E-state index < -0.39 is 23.1 Å². The second-order valence-electron chi connectivity index (χ2n) is 4.43. The summed E-state index contributed by atoms with van der Waals surface area (Å²) in [6, 6.07) is 3.62. The third kappa shape index (κ3) is 3.77. The molecule has 0 aliphatic heterocycles. The van der Waals surface area contributed by atoms with Crippen LogP contribution in [0.5, 0.6) is 5.75 Å². The average Bonchev–Trinajstić information content (AvgIpc) is 2.94. The Balaban J connectivity index is 2.26. The minimum Gasteiger partial charge on any atom is -0.433 e. The highest BCUT2D eigenvalue weighted by atomic mass is 35.5. The summed E-state index contributed by atoms with van der Waals surface area (Å²) in [4.78, 5) is 22.5. The summed E-state index contributed by atoms with van der Waals surface area (Å²) in [6.07, 6.45) is 0.977. The van der Waals surface area contributed by atoms with Crippen LogP contribution >= 0.6 is 11.6 Å². The molecule has 0 radical (unpaired) electrons. The summed E-state index contributed by atoms with van der Waals surface area (Å²) < 4.78 is 29.7. The fourth-order valence-corrected chi connectivity index (χ4v) is 2.17. The number of ether oxygens (including phenoxy) is 1. The fourth-order valence-electron chi connectivity index (χ4n) is 1.94. The predicted molar refractivity (Wildman–Crippen MR) is 80.6 cm³/mol. The highest BCUT2D eigenvalue weighted by Crippen LogP contribution is 2.29. The number of benzene rings is 1. The maximum absolute atomic E-state index is 12.3. The van der Waals surface area contributed by atoms with Crippen LogP contribution in [-0.2, 0) is 6.54 Å². The highest BCUT2D eigenvalue weighted by Gasteiger charge is 2.26. The Morgan fingerprint density at radius 3 is 2.79 bits per heavy atom. The zero-order valence-corrected chi connectivity index (χ0v) is 13.0. The first-order valence-corrected chi connectivity index (χ1v) is 6.97. The van der Waals surface area contributed by atoms with Crippen LogP contribution in [0, 0.1) is 10.1 Å². The minimum atomic E-state index is -3.04. The molecule has 1 N–H and O–H groups in total. The monoisotopic (exact) mass is 360 g/mol. The Morgan fingerprint density at radius 1 is 1.54 bits per heavy atom. The van der Waals surface area contributed by atoms with E-state index in [1.807, 2.05) is 0 Å². The van der Waals surface area contributed by atoms with Crippen LogP contribution in [0.3, 0.4) is 0 Å². The maximum Gasteiger partial charge on any atom is 0.387 e. The van der Waals surface area contributed by atoms with Gasteiger partial charge in [0.2, 0.25) is 5.69 Å². The molecule has 2 aromatic rings. The number of nitrogens with one attached hydrogen (secondary N) is 1. The van der Waals surface area contributed by atoms with E-state index in [-0.39, 0.29) is 28.7 Å². The normalized spacial score (nSPS) is 10.7. The lowest BCUT2D eigenvalue weighted by Crippen LogP contribution is -2.18. The van der Waals surface area contributed by atoms with Crippen LogP contribution < -0.4 is 10.1 Å². The number of alkyl halides is 2. The number of amides is 1. The average molecular weight is 361 g/mol. The molecule has 0 saturated carbocycles. The van der Waals surface area contributed by atoms with Gasteiger partial charge in [0.25, 0.3) is 5.91 Å². The van der Waals surface area contributed by atoms with Crippen molar-refractivity contribution < 1.29 is 23.2 Å². The number of hydrogen-bond acceptors (Lipinski definition) is 5. The summed E-state index contributed by atoms with van der Waals surface area (Å²) in [6.45, 7) is -1.12. The first kappa shape index (κ1) is 17.6. The number of carbonyl (C=O) groups excluding carboxylic acids is 1. The van der Waals surface area contributed by atoms with E-state index >= 15 is 0 Å². The van der Waals surface area contributed by atoms with Crippen LogP contribution in [0.4, 0.5) is 20.2 Å². The van der Waals surface area contributed by atoms with Gasteiger partial charge in [-0.05, 0) is 25.1 Å². The van der Waals surface area contributed by atoms with Gasteiger partial charge in [-0.1, -0.05) is 11.6 Å². The second kappa shape index (κ2) is 7.21. The van der Waals surface area contributed by atoms with Crippen LogP contribution in [0.2, 0.25) is 5.02 Å². The van der Waals surface area contributed by atoms with E-state index in [0.29, 0.717) is 0 Å². The lowest BCUT2D eigenvalue weighted by molar-refractivity contribution is -0.385. The largest absolute Gasteiger partial charge is 0.433 e. The lowest BCUT2D eigenvalue weighted by Gasteiger charge is -2.10. The predicted octanol–water partition coefficient (Wildman–Crippen LogP) is 3.32. The Kier molecular flexibility index (Phi) is 5.29. The molecule has 11 heteroatoms. The van der Waals surface area contributed by atoms with Gasteiger partial charge >= 0.3 is 12.3 Å². The molecule has 0 bridgehead atoms. The molecule has 1 aromatic carbocycles. The first-order valence-electron chi connectivity index (χ1n) is 6.59. The second-order valence-corrected chi connectivity index (χ2v) is 4.84. The maximum atomic E-state index is 12.3. The van der Waals surface area contributed by atoms with Gasteiger partial charge in [0.1, 0.15) is 11.9 Å². The topological polar surface area (TPSA) is 99.3 Å². The highest BCUT2D eigenvalue weighted by molar-refractivity contribution is 6.32. The molecular formula is C13H11ClF2N4O4. The van der Waals surface area contributed by atoms with E-state index in [0.717, 1.165) is 12.3 Å². The summed E-state index contributed by atoms with van der Waals surface area (Å²) in [5.74, 6) is -1.03. The third-order valence-electron chi connectivity index (χ3n) is 2.94. The molecule has 1 heterocycles. The molecule has 0 aliphatic rings. The van der Waals surface area contributed by atoms with Gasteiger partial charge in [0.15, 0.2) is 0 Å². The van der Waals surface area contributed by atoms with Crippen molar-refractivity contribution in [1.29, 1.82) is 0 Å². The molecule has 0 aliphatic carbocycles. The van der Waals surface area contributed by atoms with Gasteiger partial charge in [-0.15, -0.1) is 0 Å². The van der Waals surface area contributed by atoms with E-state index in [4.69, 9.17) is 11.6 Å². The Labute approximate surface area is 139 Å². The molecule has 0 spiro atoms. The molecule has 24 heavy (non-hydrogen) atoms. The number of nitrogens with zero attached hydrogens (tertiary/aromatic N) is 3. The van der Waals surface area contributed by atoms with Gasteiger partial charge in [0.05, 0.1) is 9.95 Å². The zero-order chi connectivity index (χ0) is 17.9. The Bertz CT molecular complexity index is 781. The molecule has 0 saturated heterocycles. The molecule has 2 rings (SSSR count). The number of hydrogen-bond donors (Lipinski definition) is 1. The van der Waals surface area contributed by atoms with E-state index in [9.17, 15) is 23.7 Å². The van der Waals surface area contributed by atoms with Crippen molar-refractivity contribution in [1.82, 2.24) is 9.78 Å². The quantitative estimate of drug-likeness (QED) is 0.629. The van der Waals surface area contributed by atoms with Crippen LogP contribution in [0.25, 0.3) is 0 Å². The summed E-state index contributed by atoms with van der Waals surface area (Å²) in [7, 11) is 0. The van der Waals surface area contributed by atoms with Crippen molar-refractivity contribution in [3.8, 4) is 5.75 Å². The smallest absolute Gasteiger partial charge is 0.387 e. The van der Waals surface area contributed by atoms with Gasteiger partial charge in [-0.3, -0.25) is 19.6 Å². The molecular weight excluding hydrogens is 350 g/mol. The fraction of sp³-hybridized carbons (Fsp3) is 0.231. The van der Waals surface area contributed by atoms with Crippen molar-refractivity contribution in [3.63, 3.8) is 0 Å². The molecule has 1 aromatic heterocycles. The third-order valence-corrected chi connectivity index (χ3v) is 3.23. The van der Waals surface area contributed by atoms with E-state index in [1.165, 1.54) is 16.8 Å². The Morgan fingerprint density at radius 2 is 2.25 bits per heavy atom. The SMILES string of the molecule is CCn1ncc([N+](=O)[O-])c1C(=O)Nc1ccc(OC(F)F)c(Cl)c1. The Hall–Kier alpha value is -2.75. The first-order chi connectivity index (χ1) is 11.3. The van der Waals surface area contributed by atoms with Crippen LogP contribution in [0.15, 0.2) is 24.4 Å². The van der Waals surface area contributed by atoms with Crippen LogP contribution in [-0.4, -0.2) is 27.2 Å². The number of rotatable bonds is 6. The van der Waals surface area contributed by atoms with E-state index in [1.54, 1.807) is 6.92 Å². The van der Waals surface area contributed by atoms with E-state index in [2.05, 4.69) is 15.2 Å². The van der Waals surface area contributed by atoms with Crippen molar-refractivity contribution in [2.75, 3.05) is 5.32 Å². The van der Waals surface area contributed by atoms with Crippen molar-refractivity contribution in [3.05, 3.63) is 45.2 Å². The zero-order valence-electron chi connectivity index (χ0n) is 12.2. The minimum absolute atomic E-state index is 0.147. The molecule has 8 nitrogen and oxygen atoms in total. The number of anilines is 1. The molecule has 1 amide bonds. The van der Waals surface area contributed by atoms with Gasteiger partial charge < -0.3 is 10.1 Å². The van der Waals surface area contributed by atoms with Crippen molar-refractivity contribution >= 4 is 28.9 Å². The molecule has 0 atom stereocenters. The van der Waals surface area contributed by atoms with Gasteiger partial charge in [0, 0.05) is 12.2 Å². The molecule has 0 unspecified atom stereocenters. The lowest BCUT2D eigenvalue weighted by atomic mass is 10.2. The number of aryl methyl sites for hydroxylation is 1. The van der Waals surface area contributed by atoms with Gasteiger partial charge in [-0.25, -0.2) is 0 Å². The molecule has 0 fully saturated rings. The standard InChI is InChI=1S/C13H11ClF2N4O4/c1-2-19-11(9(6-17-19)20(22)23)12(21)18-7-3-4-10(8(14)5-7)24-13(15)16/h3-6,13H,2H2,1H3,(H,18,21). The number of nitro groups is 1. The number of carbonyl (C=O) groups is 1. The summed E-state index contributed by atoms with van der Waals surface area (Å²) in [5.41, 5.74) is -0.519. The summed E-state index contributed by atoms with van der Waals surface area (Å²) in [5, 5.41) is 17.0. The molecule has 128 valence electrons. The van der Waals surface area contributed by atoms with Crippen molar-refractivity contribution in [2.45, 2.75) is 20.1 Å². The number of halogens is 3. The van der Waals surface area contributed by atoms with Crippen molar-refractivity contribution in [2.24, 2.45) is 0 Å². The van der Waals surface area contributed by atoms with Gasteiger partial charge in [-0.2, -0.15) is 13.9 Å². The number of aromatic nitrogens is 2.